The van der Waals surface area contributed by atoms with Gasteiger partial charge in [-0.2, -0.15) is 0 Å². The second-order valence-electron chi connectivity index (χ2n) is 6.41. The molecular weight excluding hydrogens is 262 g/mol. The number of aliphatic hydroxyl groups is 2. The highest BCUT2D eigenvalue weighted by atomic mass is 16.3. The highest BCUT2D eigenvalue weighted by Gasteiger charge is 2.13. The smallest absolute Gasteiger partial charge is 0.0974 e. The summed E-state index contributed by atoms with van der Waals surface area (Å²) < 4.78 is 0. The van der Waals surface area contributed by atoms with Gasteiger partial charge in [-0.25, -0.2) is 0 Å². The zero-order valence-electron chi connectivity index (χ0n) is 14.5. The van der Waals surface area contributed by atoms with Crippen LogP contribution < -0.4 is 0 Å². The lowest BCUT2D eigenvalue weighted by Crippen LogP contribution is -2.31. The fraction of sp³-hybridized carbons (Fsp3) is 1.00. The second kappa shape index (κ2) is 16.3. The van der Waals surface area contributed by atoms with Gasteiger partial charge in [0.2, 0.25) is 0 Å². The molecule has 2 N–H and O–H groups in total. The average molecular weight is 302 g/mol. The van der Waals surface area contributed by atoms with Crippen LogP contribution in [-0.4, -0.2) is 35.1 Å². The van der Waals surface area contributed by atoms with Crippen molar-refractivity contribution in [1.29, 1.82) is 0 Å². The first-order valence-corrected chi connectivity index (χ1v) is 9.22. The van der Waals surface area contributed by atoms with Crippen molar-refractivity contribution in [1.82, 2.24) is 4.90 Å². The summed E-state index contributed by atoms with van der Waals surface area (Å²) in [6.45, 7) is 5.28. The summed E-state index contributed by atoms with van der Waals surface area (Å²) in [5.74, 6) is 0.632. The summed E-state index contributed by atoms with van der Waals surface area (Å²) in [6.07, 6.45) is 15.7. The first kappa shape index (κ1) is 20.9. The van der Waals surface area contributed by atoms with Crippen molar-refractivity contribution in [2.45, 2.75) is 90.9 Å². The van der Waals surface area contributed by atoms with Gasteiger partial charge in [0.1, 0.15) is 0 Å². The molecule has 0 aromatic carbocycles. The summed E-state index contributed by atoms with van der Waals surface area (Å²) in [5, 5.41) is 18.4. The summed E-state index contributed by atoms with van der Waals surface area (Å²) in [7, 11) is 0. The van der Waals surface area contributed by atoms with E-state index in [4.69, 9.17) is 0 Å². The van der Waals surface area contributed by atoms with Gasteiger partial charge in [-0.3, -0.25) is 4.90 Å². The Morgan fingerprint density at radius 1 is 0.667 bits per heavy atom. The average Bonchev–Trinajstić information content (AvgIpc) is 2.51. The van der Waals surface area contributed by atoms with E-state index in [1.807, 2.05) is 0 Å². The van der Waals surface area contributed by atoms with Gasteiger partial charge in [0.25, 0.3) is 0 Å². The molecular formula is C18H39NO2. The molecule has 0 aliphatic heterocycles. The van der Waals surface area contributed by atoms with Crippen LogP contribution in [-0.2, 0) is 0 Å². The van der Waals surface area contributed by atoms with Crippen LogP contribution in [0.3, 0.4) is 0 Å². The summed E-state index contributed by atoms with van der Waals surface area (Å²) in [4.78, 5) is 1.74. The van der Waals surface area contributed by atoms with Gasteiger partial charge in [-0.15, -0.1) is 0 Å². The van der Waals surface area contributed by atoms with Gasteiger partial charge in [-0.05, 0) is 18.8 Å². The van der Waals surface area contributed by atoms with E-state index in [1.165, 1.54) is 77.0 Å². The Morgan fingerprint density at radius 2 is 1.10 bits per heavy atom. The number of hydrogen-bond acceptors (Lipinski definition) is 3. The number of aliphatic hydroxyl groups excluding tert-OH is 2. The third-order valence-electron chi connectivity index (χ3n) is 4.35. The lowest BCUT2D eigenvalue weighted by molar-refractivity contribution is 0.0158. The van der Waals surface area contributed by atoms with E-state index in [9.17, 15) is 10.2 Å². The minimum absolute atomic E-state index is 0.0293. The van der Waals surface area contributed by atoms with Crippen LogP contribution in [0.25, 0.3) is 0 Å². The molecule has 0 heterocycles. The molecule has 3 nitrogen and oxygen atoms in total. The van der Waals surface area contributed by atoms with Crippen molar-refractivity contribution in [2.24, 2.45) is 5.92 Å². The van der Waals surface area contributed by atoms with Crippen molar-refractivity contribution in [3.63, 3.8) is 0 Å². The second-order valence-corrected chi connectivity index (χ2v) is 6.41. The molecule has 21 heavy (non-hydrogen) atoms. The lowest BCUT2D eigenvalue weighted by Gasteiger charge is -2.24. The third-order valence-corrected chi connectivity index (χ3v) is 4.35. The van der Waals surface area contributed by atoms with E-state index in [2.05, 4.69) is 13.8 Å². The van der Waals surface area contributed by atoms with Gasteiger partial charge in [0.05, 0.1) is 13.5 Å². The minimum atomic E-state index is -0.0293. The molecule has 0 aliphatic carbocycles. The van der Waals surface area contributed by atoms with Crippen molar-refractivity contribution in [3.05, 3.63) is 0 Å². The maximum absolute atomic E-state index is 9.22. The van der Waals surface area contributed by atoms with Crippen molar-refractivity contribution < 1.29 is 10.2 Å². The zero-order valence-corrected chi connectivity index (χ0v) is 14.5. The fourth-order valence-electron chi connectivity index (χ4n) is 2.93. The van der Waals surface area contributed by atoms with Crippen LogP contribution in [0.2, 0.25) is 0 Å². The molecule has 0 radical (unpaired) electrons. The van der Waals surface area contributed by atoms with Crippen LogP contribution in [0.4, 0.5) is 0 Å². The number of rotatable bonds is 16. The molecule has 3 heteroatoms. The number of hydrogen-bond donors (Lipinski definition) is 2. The molecule has 0 spiro atoms. The van der Waals surface area contributed by atoms with Crippen LogP contribution in [0.15, 0.2) is 0 Å². The number of nitrogens with zero attached hydrogens (tertiary/aromatic N) is 1. The Balaban J connectivity index is 3.88. The molecule has 0 saturated heterocycles. The predicted octanol–water partition coefficient (Wildman–Crippen LogP) is 4.53. The Bertz CT molecular complexity index is 196. The van der Waals surface area contributed by atoms with Gasteiger partial charge in [0, 0.05) is 6.54 Å². The van der Waals surface area contributed by atoms with E-state index < -0.39 is 0 Å². The Labute approximate surface area is 132 Å². The molecule has 0 aromatic heterocycles. The van der Waals surface area contributed by atoms with Gasteiger partial charge in [-0.1, -0.05) is 78.1 Å². The highest BCUT2D eigenvalue weighted by molar-refractivity contribution is 4.64. The Kier molecular flexibility index (Phi) is 16.2. The molecule has 1 unspecified atom stereocenters. The van der Waals surface area contributed by atoms with Gasteiger partial charge in [0.15, 0.2) is 0 Å². The van der Waals surface area contributed by atoms with Crippen molar-refractivity contribution in [3.8, 4) is 0 Å². The predicted molar refractivity (Wildman–Crippen MR) is 91.1 cm³/mol. The van der Waals surface area contributed by atoms with Gasteiger partial charge >= 0.3 is 0 Å². The molecule has 1 atom stereocenters. The van der Waals surface area contributed by atoms with Crippen LogP contribution in [0.1, 0.15) is 90.9 Å². The molecule has 0 aromatic rings. The molecule has 0 amide bonds. The van der Waals surface area contributed by atoms with Crippen LogP contribution in [0, 0.1) is 5.92 Å². The highest BCUT2D eigenvalue weighted by Crippen LogP contribution is 2.20. The van der Waals surface area contributed by atoms with Crippen molar-refractivity contribution in [2.75, 3.05) is 20.0 Å². The van der Waals surface area contributed by atoms with E-state index in [0.29, 0.717) is 5.92 Å². The van der Waals surface area contributed by atoms with Crippen molar-refractivity contribution >= 4 is 0 Å². The molecule has 0 bridgehead atoms. The Morgan fingerprint density at radius 3 is 1.57 bits per heavy atom. The van der Waals surface area contributed by atoms with Crippen LogP contribution in [0.5, 0.6) is 0 Å². The molecule has 128 valence electrons. The lowest BCUT2D eigenvalue weighted by atomic mass is 9.94. The van der Waals surface area contributed by atoms with E-state index in [-0.39, 0.29) is 13.5 Å². The monoisotopic (exact) mass is 301 g/mol. The topological polar surface area (TPSA) is 43.7 Å². The quantitative estimate of drug-likeness (QED) is 0.325. The minimum Gasteiger partial charge on any atom is -0.381 e. The van der Waals surface area contributed by atoms with E-state index in [0.717, 1.165) is 6.54 Å². The van der Waals surface area contributed by atoms with Gasteiger partial charge < -0.3 is 10.2 Å². The summed E-state index contributed by atoms with van der Waals surface area (Å²) in [6, 6.07) is 0. The first-order valence-electron chi connectivity index (χ1n) is 9.22. The van der Waals surface area contributed by atoms with E-state index >= 15 is 0 Å². The normalized spacial score (nSPS) is 13.0. The maximum Gasteiger partial charge on any atom is 0.0974 e. The molecule has 0 fully saturated rings. The number of unbranched alkanes of at least 4 members (excludes halogenated alkanes) is 8. The molecule has 0 rings (SSSR count). The Hall–Kier alpha value is -0.120. The molecule has 0 aliphatic rings. The fourth-order valence-corrected chi connectivity index (χ4v) is 2.93. The first-order chi connectivity index (χ1) is 10.3. The third kappa shape index (κ3) is 13.3. The SMILES string of the molecule is CCCCCCCCC(CCCCCC)CN(CO)CO. The maximum atomic E-state index is 9.22. The summed E-state index contributed by atoms with van der Waals surface area (Å²) >= 11 is 0. The standard InChI is InChI=1S/C18H39NO2/c1-3-5-7-9-10-12-14-18(13-11-8-6-4-2)15-19(16-20)17-21/h18,20-21H,3-17H2,1-2H3. The largest absolute Gasteiger partial charge is 0.381 e. The zero-order chi connectivity index (χ0) is 15.8. The molecule has 0 saturated carbocycles. The van der Waals surface area contributed by atoms with E-state index in [1.54, 1.807) is 4.90 Å². The van der Waals surface area contributed by atoms with Crippen LogP contribution >= 0.6 is 0 Å². The summed E-state index contributed by atoms with van der Waals surface area (Å²) in [5.41, 5.74) is 0.